The molecule has 0 unspecified atom stereocenters. The summed E-state index contributed by atoms with van der Waals surface area (Å²) in [6, 6.07) is 21.6. The van der Waals surface area contributed by atoms with E-state index in [2.05, 4.69) is 77.4 Å². The van der Waals surface area contributed by atoms with Crippen LogP contribution in [0.15, 0.2) is 72.3 Å². The SMILES string of the molecule is C1=C(CCNCCNCC(c2ccccc2)c2ccccc2)CCCC1. The molecule has 0 aromatic heterocycles. The summed E-state index contributed by atoms with van der Waals surface area (Å²) in [5.41, 5.74) is 4.41. The molecule has 138 valence electrons. The molecule has 1 aliphatic carbocycles. The second-order valence-corrected chi connectivity index (χ2v) is 7.19. The fraction of sp³-hybridized carbons (Fsp3) is 0.417. The van der Waals surface area contributed by atoms with Gasteiger partial charge in [-0.05, 0) is 49.8 Å². The standard InChI is InChI=1S/C24H32N2/c1-4-10-21(11-5-1)16-17-25-18-19-26-20-24(22-12-6-2-7-13-22)23-14-8-3-9-15-23/h2-3,6-10,12-15,24-26H,1,4-5,11,16-20H2. The van der Waals surface area contributed by atoms with Crippen molar-refractivity contribution in [3.63, 3.8) is 0 Å². The van der Waals surface area contributed by atoms with Crippen molar-refractivity contribution < 1.29 is 0 Å². The summed E-state index contributed by atoms with van der Waals surface area (Å²) in [4.78, 5) is 0. The van der Waals surface area contributed by atoms with Crippen molar-refractivity contribution in [3.8, 4) is 0 Å². The average molecular weight is 349 g/mol. The molecule has 0 saturated carbocycles. The van der Waals surface area contributed by atoms with E-state index < -0.39 is 0 Å². The van der Waals surface area contributed by atoms with Crippen LogP contribution >= 0.6 is 0 Å². The maximum absolute atomic E-state index is 3.64. The van der Waals surface area contributed by atoms with Crippen LogP contribution in [-0.2, 0) is 0 Å². The highest BCUT2D eigenvalue weighted by molar-refractivity contribution is 5.32. The Hall–Kier alpha value is -1.90. The van der Waals surface area contributed by atoms with Crippen molar-refractivity contribution in [1.29, 1.82) is 0 Å². The van der Waals surface area contributed by atoms with Crippen molar-refractivity contribution in [2.24, 2.45) is 0 Å². The Labute approximate surface area is 158 Å². The first kappa shape index (κ1) is 18.9. The van der Waals surface area contributed by atoms with Gasteiger partial charge in [0.25, 0.3) is 0 Å². The quantitative estimate of drug-likeness (QED) is 0.472. The zero-order valence-corrected chi connectivity index (χ0v) is 15.8. The maximum Gasteiger partial charge on any atom is 0.0214 e. The van der Waals surface area contributed by atoms with Crippen molar-refractivity contribution in [2.45, 2.75) is 38.0 Å². The Bertz CT molecular complexity index is 609. The number of hydrogen-bond acceptors (Lipinski definition) is 2. The average Bonchev–Trinajstić information content (AvgIpc) is 2.72. The molecule has 2 N–H and O–H groups in total. The van der Waals surface area contributed by atoms with Gasteiger partial charge in [-0.2, -0.15) is 0 Å². The van der Waals surface area contributed by atoms with Crippen molar-refractivity contribution in [1.82, 2.24) is 10.6 Å². The second kappa shape index (κ2) is 10.9. The topological polar surface area (TPSA) is 24.1 Å². The molecule has 0 spiro atoms. The summed E-state index contributed by atoms with van der Waals surface area (Å²) in [5.74, 6) is 0.407. The van der Waals surface area contributed by atoms with E-state index in [4.69, 9.17) is 0 Å². The van der Waals surface area contributed by atoms with Crippen molar-refractivity contribution in [3.05, 3.63) is 83.4 Å². The van der Waals surface area contributed by atoms with Gasteiger partial charge in [0.15, 0.2) is 0 Å². The first-order valence-corrected chi connectivity index (χ1v) is 10.1. The van der Waals surface area contributed by atoms with E-state index in [-0.39, 0.29) is 0 Å². The van der Waals surface area contributed by atoms with Crippen molar-refractivity contribution in [2.75, 3.05) is 26.2 Å². The maximum atomic E-state index is 3.64. The zero-order valence-electron chi connectivity index (χ0n) is 15.8. The number of hydrogen-bond donors (Lipinski definition) is 2. The number of nitrogens with one attached hydrogen (secondary N) is 2. The van der Waals surface area contributed by atoms with Crippen LogP contribution < -0.4 is 10.6 Å². The third-order valence-electron chi connectivity index (χ3n) is 5.24. The van der Waals surface area contributed by atoms with Gasteiger partial charge >= 0.3 is 0 Å². The predicted octanol–water partition coefficient (Wildman–Crippen LogP) is 4.89. The molecule has 2 aromatic rings. The number of allylic oxidation sites excluding steroid dienone is 1. The molecule has 0 atom stereocenters. The first-order valence-electron chi connectivity index (χ1n) is 10.1. The lowest BCUT2D eigenvalue weighted by atomic mass is 9.91. The van der Waals surface area contributed by atoms with Crippen LogP contribution in [-0.4, -0.2) is 26.2 Å². The van der Waals surface area contributed by atoms with E-state index in [1.165, 1.54) is 43.2 Å². The summed E-state index contributed by atoms with van der Waals surface area (Å²) in [5, 5.41) is 7.23. The highest BCUT2D eigenvalue weighted by Crippen LogP contribution is 2.23. The van der Waals surface area contributed by atoms with Crippen LogP contribution in [0.2, 0.25) is 0 Å². The van der Waals surface area contributed by atoms with Gasteiger partial charge in [-0.1, -0.05) is 72.3 Å². The summed E-state index contributed by atoms with van der Waals surface area (Å²) >= 11 is 0. The second-order valence-electron chi connectivity index (χ2n) is 7.19. The molecule has 0 radical (unpaired) electrons. The minimum absolute atomic E-state index is 0.407. The Morgan fingerprint density at radius 1 is 0.731 bits per heavy atom. The third-order valence-corrected chi connectivity index (χ3v) is 5.24. The molecule has 0 heterocycles. The Kier molecular flexibility index (Phi) is 7.95. The third kappa shape index (κ3) is 6.12. The monoisotopic (exact) mass is 348 g/mol. The normalized spacial score (nSPS) is 14.4. The Balaban J connectivity index is 1.40. The molecule has 0 amide bonds. The van der Waals surface area contributed by atoms with E-state index in [0.29, 0.717) is 5.92 Å². The zero-order chi connectivity index (χ0) is 17.9. The summed E-state index contributed by atoms with van der Waals surface area (Å²) in [6.07, 6.45) is 9.04. The molecule has 0 saturated heterocycles. The van der Waals surface area contributed by atoms with Gasteiger partial charge in [0.05, 0.1) is 0 Å². The number of rotatable bonds is 10. The molecule has 1 aliphatic rings. The minimum Gasteiger partial charge on any atom is -0.315 e. The van der Waals surface area contributed by atoms with Gasteiger partial charge in [0.2, 0.25) is 0 Å². The smallest absolute Gasteiger partial charge is 0.0214 e. The highest BCUT2D eigenvalue weighted by atomic mass is 14.9. The predicted molar refractivity (Wildman–Crippen MR) is 112 cm³/mol. The lowest BCUT2D eigenvalue weighted by molar-refractivity contribution is 0.581. The molecule has 0 bridgehead atoms. The van der Waals surface area contributed by atoms with Crippen molar-refractivity contribution >= 4 is 0 Å². The molecule has 0 aliphatic heterocycles. The van der Waals surface area contributed by atoms with E-state index >= 15 is 0 Å². The van der Waals surface area contributed by atoms with Gasteiger partial charge in [-0.25, -0.2) is 0 Å². The van der Waals surface area contributed by atoms with Gasteiger partial charge in [0, 0.05) is 25.6 Å². The Morgan fingerprint density at radius 2 is 1.38 bits per heavy atom. The molecule has 3 rings (SSSR count). The van der Waals surface area contributed by atoms with Crippen LogP contribution in [0.5, 0.6) is 0 Å². The summed E-state index contributed by atoms with van der Waals surface area (Å²) < 4.78 is 0. The van der Waals surface area contributed by atoms with Gasteiger partial charge < -0.3 is 10.6 Å². The molecular formula is C24H32N2. The molecule has 26 heavy (non-hydrogen) atoms. The fourth-order valence-corrected chi connectivity index (χ4v) is 3.73. The summed E-state index contributed by atoms with van der Waals surface area (Å²) in [6.45, 7) is 4.12. The number of benzene rings is 2. The lowest BCUT2D eigenvalue weighted by Gasteiger charge is -2.19. The van der Waals surface area contributed by atoms with Gasteiger partial charge in [0.1, 0.15) is 0 Å². The molecule has 2 aromatic carbocycles. The van der Waals surface area contributed by atoms with Crippen LogP contribution in [0.3, 0.4) is 0 Å². The van der Waals surface area contributed by atoms with Gasteiger partial charge in [-0.15, -0.1) is 0 Å². The first-order chi connectivity index (χ1) is 12.9. The largest absolute Gasteiger partial charge is 0.315 e. The molecule has 0 fully saturated rings. The van der Waals surface area contributed by atoms with Crippen LogP contribution in [0.25, 0.3) is 0 Å². The van der Waals surface area contributed by atoms with E-state index in [1.807, 2.05) is 0 Å². The lowest BCUT2D eigenvalue weighted by Crippen LogP contribution is -2.31. The molecule has 2 heteroatoms. The highest BCUT2D eigenvalue weighted by Gasteiger charge is 2.13. The Morgan fingerprint density at radius 3 is 2.00 bits per heavy atom. The molecular weight excluding hydrogens is 316 g/mol. The molecule has 2 nitrogen and oxygen atoms in total. The summed E-state index contributed by atoms with van der Waals surface area (Å²) in [7, 11) is 0. The minimum atomic E-state index is 0.407. The van der Waals surface area contributed by atoms with Crippen LogP contribution in [0.4, 0.5) is 0 Å². The fourth-order valence-electron chi connectivity index (χ4n) is 3.73. The van der Waals surface area contributed by atoms with E-state index in [0.717, 1.165) is 26.2 Å². The van der Waals surface area contributed by atoms with Crippen LogP contribution in [0, 0.1) is 0 Å². The van der Waals surface area contributed by atoms with Crippen LogP contribution in [0.1, 0.15) is 49.1 Å². The van der Waals surface area contributed by atoms with Gasteiger partial charge in [-0.3, -0.25) is 0 Å². The van der Waals surface area contributed by atoms with E-state index in [1.54, 1.807) is 5.57 Å². The van der Waals surface area contributed by atoms with E-state index in [9.17, 15) is 0 Å².